The number of aromatic nitrogens is 1. The minimum absolute atomic E-state index is 0.00746. The summed E-state index contributed by atoms with van der Waals surface area (Å²) < 4.78 is 31.5. The lowest BCUT2D eigenvalue weighted by Gasteiger charge is -2.08. The number of pyridine rings is 1. The highest BCUT2D eigenvalue weighted by atomic mass is 35.5. The van der Waals surface area contributed by atoms with E-state index in [9.17, 15) is 8.78 Å². The molecule has 1 heterocycles. The van der Waals surface area contributed by atoms with E-state index < -0.39 is 11.6 Å². The van der Waals surface area contributed by atoms with Crippen LogP contribution in [0.1, 0.15) is 0 Å². The molecule has 0 aliphatic rings. The Kier molecular flexibility index (Phi) is 3.62. The lowest BCUT2D eigenvalue weighted by molar-refractivity contribution is 0.387. The Hall–Kier alpha value is -1.88. The van der Waals surface area contributed by atoms with Gasteiger partial charge in [0.25, 0.3) is 0 Å². The Balaban J connectivity index is 2.28. The normalized spacial score (nSPS) is 10.2. The Bertz CT molecular complexity index is 578. The summed E-state index contributed by atoms with van der Waals surface area (Å²) in [6, 6.07) is 5.21. The fourth-order valence-electron chi connectivity index (χ4n) is 1.38. The van der Waals surface area contributed by atoms with E-state index in [1.807, 2.05) is 0 Å². The SMILES string of the molecule is COc1cc(Nc2ncc(Cl)cc2F)ccc1F. The van der Waals surface area contributed by atoms with Crippen molar-refractivity contribution in [2.45, 2.75) is 0 Å². The molecule has 1 aromatic carbocycles. The summed E-state index contributed by atoms with van der Waals surface area (Å²) in [7, 11) is 1.35. The van der Waals surface area contributed by atoms with Gasteiger partial charge in [0.1, 0.15) is 0 Å². The molecule has 0 spiro atoms. The Morgan fingerprint density at radius 2 is 2.00 bits per heavy atom. The molecule has 0 aliphatic heterocycles. The first-order chi connectivity index (χ1) is 8.60. The first-order valence-electron chi connectivity index (χ1n) is 5.02. The number of halogens is 3. The number of nitrogens with one attached hydrogen (secondary N) is 1. The number of nitrogens with zero attached hydrogens (tertiary/aromatic N) is 1. The molecule has 0 unspecified atom stereocenters. The largest absolute Gasteiger partial charge is 0.494 e. The summed E-state index contributed by atoms with van der Waals surface area (Å²) in [5, 5.41) is 2.91. The Labute approximate surface area is 107 Å². The minimum atomic E-state index is -0.592. The fraction of sp³-hybridized carbons (Fsp3) is 0.0833. The van der Waals surface area contributed by atoms with Crippen LogP contribution >= 0.6 is 11.6 Å². The van der Waals surface area contributed by atoms with E-state index in [0.717, 1.165) is 6.07 Å². The zero-order valence-electron chi connectivity index (χ0n) is 9.38. The third-order valence-corrected chi connectivity index (χ3v) is 2.43. The summed E-state index contributed by atoms with van der Waals surface area (Å²) in [6.07, 6.45) is 1.31. The molecule has 3 nitrogen and oxygen atoms in total. The molecular weight excluding hydrogens is 262 g/mol. The van der Waals surface area contributed by atoms with E-state index in [1.165, 1.54) is 31.5 Å². The van der Waals surface area contributed by atoms with E-state index in [2.05, 4.69) is 10.3 Å². The van der Waals surface area contributed by atoms with Crippen LogP contribution in [0.3, 0.4) is 0 Å². The van der Waals surface area contributed by atoms with Gasteiger partial charge in [-0.25, -0.2) is 13.8 Å². The van der Waals surface area contributed by atoms with E-state index in [1.54, 1.807) is 0 Å². The Morgan fingerprint density at radius 1 is 1.22 bits per heavy atom. The minimum Gasteiger partial charge on any atom is -0.494 e. The number of hydrogen-bond acceptors (Lipinski definition) is 3. The third kappa shape index (κ3) is 2.68. The molecule has 2 aromatic rings. The number of ether oxygens (including phenoxy) is 1. The van der Waals surface area contributed by atoms with Crippen molar-refractivity contribution in [3.05, 3.63) is 47.1 Å². The van der Waals surface area contributed by atoms with Gasteiger partial charge >= 0.3 is 0 Å². The van der Waals surface area contributed by atoms with Crippen LogP contribution in [0.4, 0.5) is 20.3 Å². The molecular formula is C12H9ClF2N2O. The number of hydrogen-bond donors (Lipinski definition) is 1. The third-order valence-electron chi connectivity index (χ3n) is 2.22. The highest BCUT2D eigenvalue weighted by Gasteiger charge is 2.07. The van der Waals surface area contributed by atoms with Crippen LogP contribution in [0.25, 0.3) is 0 Å². The standard InChI is InChI=1S/C12H9ClF2N2O/c1-18-11-5-8(2-3-9(11)14)17-12-10(15)4-7(13)6-16-12/h2-6H,1H3,(H,16,17). The maximum Gasteiger partial charge on any atom is 0.167 e. The second kappa shape index (κ2) is 5.18. The van der Waals surface area contributed by atoms with Crippen LogP contribution in [0.5, 0.6) is 5.75 Å². The van der Waals surface area contributed by atoms with Crippen LogP contribution in [-0.2, 0) is 0 Å². The predicted octanol–water partition coefficient (Wildman–Crippen LogP) is 3.77. The summed E-state index contributed by atoms with van der Waals surface area (Å²) in [5.41, 5.74) is 0.460. The molecule has 0 atom stereocenters. The lowest BCUT2D eigenvalue weighted by atomic mass is 10.3. The molecule has 0 saturated carbocycles. The van der Waals surface area contributed by atoms with Crippen molar-refractivity contribution in [1.82, 2.24) is 4.98 Å². The van der Waals surface area contributed by atoms with Gasteiger partial charge in [-0.15, -0.1) is 0 Å². The van der Waals surface area contributed by atoms with Gasteiger partial charge in [-0.1, -0.05) is 11.6 Å². The number of anilines is 2. The van der Waals surface area contributed by atoms with Crippen molar-refractivity contribution in [2.75, 3.05) is 12.4 Å². The topological polar surface area (TPSA) is 34.1 Å². The number of benzene rings is 1. The molecule has 0 radical (unpaired) electrons. The second-order valence-electron chi connectivity index (χ2n) is 3.46. The number of methoxy groups -OCH3 is 1. The molecule has 1 aromatic heterocycles. The smallest absolute Gasteiger partial charge is 0.167 e. The molecule has 6 heteroatoms. The van der Waals surface area contributed by atoms with Gasteiger partial charge in [0, 0.05) is 18.0 Å². The molecule has 0 bridgehead atoms. The van der Waals surface area contributed by atoms with Gasteiger partial charge in [-0.05, 0) is 18.2 Å². The first kappa shape index (κ1) is 12.6. The van der Waals surface area contributed by atoms with E-state index in [4.69, 9.17) is 16.3 Å². The maximum atomic E-state index is 13.5. The van der Waals surface area contributed by atoms with Crippen LogP contribution in [0.2, 0.25) is 5.02 Å². The predicted molar refractivity (Wildman–Crippen MR) is 65.4 cm³/mol. The molecule has 0 saturated heterocycles. The van der Waals surface area contributed by atoms with Gasteiger partial charge in [-0.2, -0.15) is 0 Å². The number of rotatable bonds is 3. The Morgan fingerprint density at radius 3 is 2.67 bits per heavy atom. The summed E-state index contributed by atoms with van der Waals surface area (Å²) in [4.78, 5) is 3.80. The van der Waals surface area contributed by atoms with Crippen molar-refractivity contribution in [3.63, 3.8) is 0 Å². The zero-order chi connectivity index (χ0) is 13.1. The van der Waals surface area contributed by atoms with Gasteiger partial charge in [0.15, 0.2) is 23.2 Å². The van der Waals surface area contributed by atoms with Crippen LogP contribution < -0.4 is 10.1 Å². The van der Waals surface area contributed by atoms with Crippen molar-refractivity contribution >= 4 is 23.1 Å². The van der Waals surface area contributed by atoms with E-state index >= 15 is 0 Å². The maximum absolute atomic E-state index is 13.5. The van der Waals surface area contributed by atoms with Crippen LogP contribution in [0, 0.1) is 11.6 Å². The van der Waals surface area contributed by atoms with Crippen LogP contribution in [-0.4, -0.2) is 12.1 Å². The monoisotopic (exact) mass is 270 g/mol. The second-order valence-corrected chi connectivity index (χ2v) is 3.89. The van der Waals surface area contributed by atoms with Crippen LogP contribution in [0.15, 0.2) is 30.5 Å². The molecule has 2 rings (SSSR count). The molecule has 0 fully saturated rings. The van der Waals surface area contributed by atoms with Crippen molar-refractivity contribution in [1.29, 1.82) is 0 Å². The van der Waals surface area contributed by atoms with Gasteiger partial charge in [0.05, 0.1) is 12.1 Å². The van der Waals surface area contributed by atoms with Crippen molar-refractivity contribution in [3.8, 4) is 5.75 Å². The van der Waals surface area contributed by atoms with Crippen molar-refractivity contribution < 1.29 is 13.5 Å². The fourth-order valence-corrected chi connectivity index (χ4v) is 1.53. The summed E-state index contributed by atoms with van der Waals surface area (Å²) >= 11 is 5.59. The van der Waals surface area contributed by atoms with Gasteiger partial charge in [-0.3, -0.25) is 0 Å². The zero-order valence-corrected chi connectivity index (χ0v) is 10.1. The quantitative estimate of drug-likeness (QED) is 0.922. The molecule has 94 valence electrons. The van der Waals surface area contributed by atoms with Gasteiger partial charge in [0.2, 0.25) is 0 Å². The summed E-state index contributed by atoms with van der Waals surface area (Å²) in [5.74, 6) is -1.01. The van der Waals surface area contributed by atoms with Crippen molar-refractivity contribution in [2.24, 2.45) is 0 Å². The highest BCUT2D eigenvalue weighted by Crippen LogP contribution is 2.25. The highest BCUT2D eigenvalue weighted by molar-refractivity contribution is 6.30. The molecule has 1 N–H and O–H groups in total. The molecule has 18 heavy (non-hydrogen) atoms. The van der Waals surface area contributed by atoms with E-state index in [-0.39, 0.29) is 16.6 Å². The van der Waals surface area contributed by atoms with E-state index in [0.29, 0.717) is 5.69 Å². The average molecular weight is 271 g/mol. The molecule has 0 amide bonds. The molecule has 0 aliphatic carbocycles. The average Bonchev–Trinajstić information content (AvgIpc) is 2.35. The summed E-state index contributed by atoms with van der Waals surface area (Å²) in [6.45, 7) is 0. The first-order valence-corrected chi connectivity index (χ1v) is 5.39. The lowest BCUT2D eigenvalue weighted by Crippen LogP contribution is -1.98. The van der Waals surface area contributed by atoms with Gasteiger partial charge < -0.3 is 10.1 Å².